The Kier molecular flexibility index (Phi) is 10.6. The van der Waals surface area contributed by atoms with E-state index >= 15 is 0 Å². The minimum atomic E-state index is -3.85. The van der Waals surface area contributed by atoms with Gasteiger partial charge >= 0.3 is 5.97 Å². The predicted molar refractivity (Wildman–Crippen MR) is 112 cm³/mol. The number of benzene rings is 1. The van der Waals surface area contributed by atoms with Crippen LogP contribution in [0, 0.1) is 0 Å². The zero-order valence-corrected chi connectivity index (χ0v) is 19.1. The van der Waals surface area contributed by atoms with Gasteiger partial charge in [0.2, 0.25) is 15.9 Å². The molecule has 1 amide bonds. The topological polar surface area (TPSA) is 111 Å². The highest BCUT2D eigenvalue weighted by atomic mass is 32.2. The average Bonchev–Trinajstić information content (AvgIpc) is 2.73. The third-order valence-corrected chi connectivity index (χ3v) is 5.86. The SMILES string of the molecule is CCCN(C(=O)CCNS(=O)(=O)c1ccc(OC)c(OC)c1)[C@H](CC)C(=O)OCC. The number of methoxy groups -OCH3 is 2. The lowest BCUT2D eigenvalue weighted by atomic mass is 10.1. The maximum atomic E-state index is 12.7. The molecule has 0 aromatic heterocycles. The molecule has 1 atom stereocenters. The van der Waals surface area contributed by atoms with Crippen LogP contribution in [-0.4, -0.2) is 65.2 Å². The van der Waals surface area contributed by atoms with Crippen LogP contribution in [0.2, 0.25) is 0 Å². The second-order valence-corrected chi connectivity index (χ2v) is 8.19. The summed E-state index contributed by atoms with van der Waals surface area (Å²) in [6.45, 7) is 5.93. The predicted octanol–water partition coefficient (Wildman–Crippen LogP) is 1.95. The fourth-order valence-electron chi connectivity index (χ4n) is 2.95. The summed E-state index contributed by atoms with van der Waals surface area (Å²) < 4.78 is 42.8. The van der Waals surface area contributed by atoms with Gasteiger partial charge in [-0.1, -0.05) is 13.8 Å². The molecular formula is C20H32N2O7S. The van der Waals surface area contributed by atoms with Crippen molar-refractivity contribution < 1.29 is 32.2 Å². The standard InChI is InChI=1S/C20H32N2O7S/c1-6-13-22(16(7-2)20(24)29-8-3)19(23)11-12-21-30(25,26)15-9-10-17(27-4)18(14-15)28-5/h9-10,14,16,21H,6-8,11-13H2,1-5H3/t16-/m1/s1. The number of ether oxygens (including phenoxy) is 3. The minimum absolute atomic E-state index is 0.00373. The maximum absolute atomic E-state index is 12.7. The summed E-state index contributed by atoms with van der Waals surface area (Å²) in [5.41, 5.74) is 0. The number of rotatable bonds is 13. The molecule has 0 saturated heterocycles. The van der Waals surface area contributed by atoms with Crippen LogP contribution in [0.5, 0.6) is 11.5 Å². The van der Waals surface area contributed by atoms with Gasteiger partial charge in [0.15, 0.2) is 11.5 Å². The molecule has 9 nitrogen and oxygen atoms in total. The zero-order valence-electron chi connectivity index (χ0n) is 18.3. The highest BCUT2D eigenvalue weighted by Crippen LogP contribution is 2.29. The van der Waals surface area contributed by atoms with Crippen molar-refractivity contribution in [2.75, 3.05) is 33.9 Å². The summed E-state index contributed by atoms with van der Waals surface area (Å²) in [5, 5.41) is 0. The molecule has 170 valence electrons. The number of sulfonamides is 1. The van der Waals surface area contributed by atoms with Crippen molar-refractivity contribution >= 4 is 21.9 Å². The first-order chi connectivity index (χ1) is 14.2. The van der Waals surface area contributed by atoms with E-state index < -0.39 is 22.0 Å². The smallest absolute Gasteiger partial charge is 0.328 e. The first kappa shape index (κ1) is 25.7. The van der Waals surface area contributed by atoms with Crippen LogP contribution < -0.4 is 14.2 Å². The van der Waals surface area contributed by atoms with Crippen molar-refractivity contribution in [3.63, 3.8) is 0 Å². The van der Waals surface area contributed by atoms with Crippen molar-refractivity contribution in [2.24, 2.45) is 0 Å². The van der Waals surface area contributed by atoms with Gasteiger partial charge in [-0.05, 0) is 31.9 Å². The molecule has 1 aromatic carbocycles. The van der Waals surface area contributed by atoms with Gasteiger partial charge in [0.25, 0.3) is 0 Å². The molecule has 0 heterocycles. The van der Waals surface area contributed by atoms with Crippen molar-refractivity contribution in [3.8, 4) is 11.5 Å². The number of carbonyl (C=O) groups excluding carboxylic acids is 2. The quantitative estimate of drug-likeness (QED) is 0.463. The molecule has 0 fully saturated rings. The molecular weight excluding hydrogens is 412 g/mol. The Morgan fingerprint density at radius 1 is 1.10 bits per heavy atom. The molecule has 0 saturated carbocycles. The third-order valence-electron chi connectivity index (χ3n) is 4.40. The second-order valence-electron chi connectivity index (χ2n) is 6.43. The van der Waals surface area contributed by atoms with Crippen LogP contribution in [-0.2, 0) is 24.3 Å². The number of hydrogen-bond donors (Lipinski definition) is 1. The third kappa shape index (κ3) is 6.88. The van der Waals surface area contributed by atoms with Gasteiger partial charge < -0.3 is 19.1 Å². The molecule has 0 aliphatic rings. The number of esters is 1. The molecule has 1 N–H and O–H groups in total. The highest BCUT2D eigenvalue weighted by molar-refractivity contribution is 7.89. The van der Waals surface area contributed by atoms with Crippen molar-refractivity contribution in [2.45, 2.75) is 51.0 Å². The monoisotopic (exact) mass is 444 g/mol. The Hall–Kier alpha value is -2.33. The van der Waals surface area contributed by atoms with Crippen LogP contribution in [0.3, 0.4) is 0 Å². The van der Waals surface area contributed by atoms with Crippen molar-refractivity contribution in [3.05, 3.63) is 18.2 Å². The van der Waals surface area contributed by atoms with Gasteiger partial charge in [-0.3, -0.25) is 4.79 Å². The normalized spacial score (nSPS) is 12.2. The Morgan fingerprint density at radius 3 is 2.30 bits per heavy atom. The lowest BCUT2D eigenvalue weighted by molar-refractivity contribution is -0.155. The van der Waals surface area contributed by atoms with E-state index in [4.69, 9.17) is 14.2 Å². The Morgan fingerprint density at radius 2 is 1.77 bits per heavy atom. The molecule has 0 spiro atoms. The Bertz CT molecular complexity index is 811. The summed E-state index contributed by atoms with van der Waals surface area (Å²) in [6.07, 6.45) is 1.00. The molecule has 0 aliphatic heterocycles. The van der Waals surface area contributed by atoms with E-state index in [9.17, 15) is 18.0 Å². The maximum Gasteiger partial charge on any atom is 0.328 e. The molecule has 0 bridgehead atoms. The fraction of sp³-hybridized carbons (Fsp3) is 0.600. The van der Waals surface area contributed by atoms with E-state index in [0.717, 1.165) is 0 Å². The van der Waals surface area contributed by atoms with Gasteiger partial charge in [-0.15, -0.1) is 0 Å². The largest absolute Gasteiger partial charge is 0.493 e. The number of nitrogens with zero attached hydrogens (tertiary/aromatic N) is 1. The average molecular weight is 445 g/mol. The molecule has 0 unspecified atom stereocenters. The van der Waals surface area contributed by atoms with E-state index in [0.29, 0.717) is 25.1 Å². The van der Waals surface area contributed by atoms with E-state index in [1.165, 1.54) is 37.3 Å². The highest BCUT2D eigenvalue weighted by Gasteiger charge is 2.29. The lowest BCUT2D eigenvalue weighted by Gasteiger charge is -2.29. The first-order valence-corrected chi connectivity index (χ1v) is 11.4. The zero-order chi connectivity index (χ0) is 22.7. The summed E-state index contributed by atoms with van der Waals surface area (Å²) >= 11 is 0. The van der Waals surface area contributed by atoms with Gasteiger partial charge in [0, 0.05) is 25.6 Å². The number of hydrogen-bond acceptors (Lipinski definition) is 7. The van der Waals surface area contributed by atoms with Crippen LogP contribution in [0.25, 0.3) is 0 Å². The van der Waals surface area contributed by atoms with E-state index in [-0.39, 0.29) is 36.1 Å². The van der Waals surface area contributed by atoms with Crippen LogP contribution in [0.4, 0.5) is 0 Å². The van der Waals surface area contributed by atoms with Gasteiger partial charge in [0.1, 0.15) is 6.04 Å². The molecule has 0 radical (unpaired) electrons. The summed E-state index contributed by atoms with van der Waals surface area (Å²) in [5.74, 6) is -0.0725. The van der Waals surface area contributed by atoms with Crippen LogP contribution >= 0.6 is 0 Å². The van der Waals surface area contributed by atoms with E-state index in [1.54, 1.807) is 13.8 Å². The molecule has 10 heteroatoms. The van der Waals surface area contributed by atoms with Crippen LogP contribution in [0.15, 0.2) is 23.1 Å². The van der Waals surface area contributed by atoms with Crippen LogP contribution in [0.1, 0.15) is 40.0 Å². The van der Waals surface area contributed by atoms with E-state index in [2.05, 4.69) is 4.72 Å². The summed E-state index contributed by atoms with van der Waals surface area (Å²) in [4.78, 5) is 26.3. The molecule has 1 rings (SSSR count). The number of nitrogens with one attached hydrogen (secondary N) is 1. The number of carbonyl (C=O) groups is 2. The minimum Gasteiger partial charge on any atom is -0.493 e. The first-order valence-electron chi connectivity index (χ1n) is 9.93. The van der Waals surface area contributed by atoms with Crippen molar-refractivity contribution in [1.82, 2.24) is 9.62 Å². The van der Waals surface area contributed by atoms with Gasteiger partial charge in [-0.2, -0.15) is 0 Å². The Balaban J connectivity index is 2.83. The van der Waals surface area contributed by atoms with E-state index in [1.807, 2.05) is 6.92 Å². The van der Waals surface area contributed by atoms with Gasteiger partial charge in [0.05, 0.1) is 25.7 Å². The summed E-state index contributed by atoms with van der Waals surface area (Å²) in [7, 11) is -0.981. The molecule has 0 aliphatic carbocycles. The van der Waals surface area contributed by atoms with Gasteiger partial charge in [-0.25, -0.2) is 17.9 Å². The summed E-state index contributed by atoms with van der Waals surface area (Å²) in [6, 6.07) is 3.55. The Labute approximate surface area is 178 Å². The fourth-order valence-corrected chi connectivity index (χ4v) is 4.00. The molecule has 30 heavy (non-hydrogen) atoms. The number of amides is 1. The lowest BCUT2D eigenvalue weighted by Crippen LogP contribution is -2.46. The second kappa shape index (κ2) is 12.4. The molecule has 1 aromatic rings. The van der Waals surface area contributed by atoms with Crippen molar-refractivity contribution in [1.29, 1.82) is 0 Å².